The highest BCUT2D eigenvalue weighted by Crippen LogP contribution is 2.14. The first-order valence-corrected chi connectivity index (χ1v) is 21.2. The van der Waals surface area contributed by atoms with Crippen LogP contribution in [0.25, 0.3) is 0 Å². The minimum Gasteiger partial charge on any atom is -0.466 e. The first-order valence-electron chi connectivity index (χ1n) is 21.2. The van der Waals surface area contributed by atoms with Crippen LogP contribution in [0.5, 0.6) is 0 Å². The molecule has 3 atom stereocenters. The SMILES string of the molecule is CCCCCCCC(=O)OCCCCCCCC(O)CN(CCC[C@@H]1NC(=O)CNC1=O)CC(O)CCCCCCCOC(=O)CCCCCCC. The van der Waals surface area contributed by atoms with Gasteiger partial charge in [-0.05, 0) is 57.9 Å². The number of aliphatic hydroxyl groups excluding tert-OH is 2. The van der Waals surface area contributed by atoms with Gasteiger partial charge in [-0.1, -0.05) is 117 Å². The summed E-state index contributed by atoms with van der Waals surface area (Å²) in [6.45, 7) is 6.85. The summed E-state index contributed by atoms with van der Waals surface area (Å²) in [4.78, 5) is 49.7. The van der Waals surface area contributed by atoms with Gasteiger partial charge < -0.3 is 30.3 Å². The van der Waals surface area contributed by atoms with Crippen molar-refractivity contribution in [1.29, 1.82) is 0 Å². The number of esters is 2. The monoisotopic (exact) mass is 740 g/mol. The molecule has 0 aromatic heterocycles. The van der Waals surface area contributed by atoms with Crippen LogP contribution in [0.2, 0.25) is 0 Å². The van der Waals surface area contributed by atoms with E-state index in [0.29, 0.717) is 71.4 Å². The molecule has 1 aliphatic heterocycles. The van der Waals surface area contributed by atoms with Crippen LogP contribution in [0, 0.1) is 0 Å². The Balaban J connectivity index is 2.28. The first kappa shape index (κ1) is 47.8. The number of nitrogens with one attached hydrogen (secondary N) is 2. The summed E-state index contributed by atoms with van der Waals surface area (Å²) in [6, 6.07) is -0.545. The fraction of sp³-hybridized carbons (Fsp3) is 0.902. The normalized spacial score (nSPS) is 15.7. The lowest BCUT2D eigenvalue weighted by Crippen LogP contribution is -2.56. The molecule has 0 saturated carbocycles. The quantitative estimate of drug-likeness (QED) is 0.0397. The Hall–Kier alpha value is -2.24. The maximum Gasteiger partial charge on any atom is 0.305 e. The molecule has 1 fully saturated rings. The van der Waals surface area contributed by atoms with Crippen molar-refractivity contribution >= 4 is 23.8 Å². The van der Waals surface area contributed by atoms with E-state index in [1.807, 2.05) is 0 Å². The van der Waals surface area contributed by atoms with E-state index in [2.05, 4.69) is 29.4 Å². The van der Waals surface area contributed by atoms with Crippen molar-refractivity contribution in [2.75, 3.05) is 39.4 Å². The van der Waals surface area contributed by atoms with E-state index in [0.717, 1.165) is 89.9 Å². The van der Waals surface area contributed by atoms with E-state index in [1.165, 1.54) is 38.5 Å². The van der Waals surface area contributed by atoms with Gasteiger partial charge >= 0.3 is 11.9 Å². The molecule has 11 nitrogen and oxygen atoms in total. The Morgan fingerprint density at radius 3 is 1.60 bits per heavy atom. The van der Waals surface area contributed by atoms with Crippen molar-refractivity contribution in [3.63, 3.8) is 0 Å². The van der Waals surface area contributed by atoms with Crippen LogP contribution < -0.4 is 10.6 Å². The molecular formula is C41H77N3O8. The van der Waals surface area contributed by atoms with Gasteiger partial charge in [0, 0.05) is 25.9 Å². The number of ether oxygens (including phenoxy) is 2. The van der Waals surface area contributed by atoms with Crippen LogP contribution in [0.15, 0.2) is 0 Å². The standard InChI is InChI=1S/C41H77N3O8/c1-3-5-7-11-19-27-39(48)51-30-21-15-9-13-17-24-35(45)33-44(29-23-26-37-41(50)42-32-38(47)43-37)34-36(46)25-18-14-10-16-22-31-52-40(49)28-20-12-8-6-4-2/h35-37,45-46H,3-34H2,1-2H3,(H,42,50)(H,43,47)/t35?,36?,37-/m0/s1. The van der Waals surface area contributed by atoms with Gasteiger partial charge in [-0.2, -0.15) is 0 Å². The molecule has 4 N–H and O–H groups in total. The molecule has 0 aromatic carbocycles. The third-order valence-electron chi connectivity index (χ3n) is 9.84. The van der Waals surface area contributed by atoms with Crippen molar-refractivity contribution in [1.82, 2.24) is 15.5 Å². The van der Waals surface area contributed by atoms with Crippen LogP contribution in [0.1, 0.15) is 181 Å². The lowest BCUT2D eigenvalue weighted by Gasteiger charge is -2.29. The Labute approximate surface area is 316 Å². The molecule has 0 spiro atoms. The number of carbonyl (C=O) groups excluding carboxylic acids is 4. The van der Waals surface area contributed by atoms with Crippen molar-refractivity contribution in [3.05, 3.63) is 0 Å². The second-order valence-corrected chi connectivity index (χ2v) is 14.9. The van der Waals surface area contributed by atoms with Crippen LogP contribution in [-0.2, 0) is 28.7 Å². The predicted octanol–water partition coefficient (Wildman–Crippen LogP) is 6.89. The number of hydrogen-bond acceptors (Lipinski definition) is 9. The van der Waals surface area contributed by atoms with E-state index in [1.54, 1.807) is 0 Å². The van der Waals surface area contributed by atoms with Gasteiger partial charge in [0.2, 0.25) is 11.8 Å². The minimum atomic E-state index is -0.545. The summed E-state index contributed by atoms with van der Waals surface area (Å²) in [7, 11) is 0. The molecule has 1 heterocycles. The smallest absolute Gasteiger partial charge is 0.305 e. The molecule has 2 amide bonds. The lowest BCUT2D eigenvalue weighted by atomic mass is 10.0. The molecule has 2 unspecified atom stereocenters. The summed E-state index contributed by atoms with van der Waals surface area (Å²) >= 11 is 0. The third-order valence-corrected chi connectivity index (χ3v) is 9.84. The zero-order valence-corrected chi connectivity index (χ0v) is 33.2. The number of hydrogen-bond donors (Lipinski definition) is 4. The van der Waals surface area contributed by atoms with Crippen LogP contribution in [0.3, 0.4) is 0 Å². The second-order valence-electron chi connectivity index (χ2n) is 14.9. The van der Waals surface area contributed by atoms with Gasteiger partial charge in [0.15, 0.2) is 0 Å². The molecular weight excluding hydrogens is 662 g/mol. The van der Waals surface area contributed by atoms with Gasteiger partial charge in [-0.15, -0.1) is 0 Å². The predicted molar refractivity (Wildman–Crippen MR) is 207 cm³/mol. The maximum absolute atomic E-state index is 12.2. The van der Waals surface area contributed by atoms with Gasteiger partial charge in [-0.3, -0.25) is 24.1 Å². The number of carbonyl (C=O) groups is 4. The highest BCUT2D eigenvalue weighted by atomic mass is 16.5. The van der Waals surface area contributed by atoms with Crippen molar-refractivity contribution in [2.45, 2.75) is 199 Å². The summed E-state index contributed by atoms with van der Waals surface area (Å²) in [5.41, 5.74) is 0. The molecule has 0 aromatic rings. The number of rotatable bonds is 36. The molecule has 1 rings (SSSR count). The molecule has 0 aliphatic carbocycles. The van der Waals surface area contributed by atoms with Crippen molar-refractivity contribution in [3.8, 4) is 0 Å². The largest absolute Gasteiger partial charge is 0.466 e. The number of unbranched alkanes of at least 4 members (excludes halogenated alkanes) is 16. The summed E-state index contributed by atoms with van der Waals surface area (Å²) < 4.78 is 10.7. The molecule has 304 valence electrons. The van der Waals surface area contributed by atoms with E-state index in [4.69, 9.17) is 9.47 Å². The number of aliphatic hydroxyl groups is 2. The van der Waals surface area contributed by atoms with Crippen molar-refractivity contribution in [2.24, 2.45) is 0 Å². The molecule has 52 heavy (non-hydrogen) atoms. The Kier molecular flexibility index (Phi) is 30.6. The Morgan fingerprint density at radius 2 is 1.10 bits per heavy atom. The fourth-order valence-electron chi connectivity index (χ4n) is 6.65. The summed E-state index contributed by atoms with van der Waals surface area (Å²) in [6.07, 6.45) is 23.3. The van der Waals surface area contributed by atoms with E-state index in [-0.39, 0.29) is 30.3 Å². The van der Waals surface area contributed by atoms with Crippen LogP contribution >= 0.6 is 0 Å². The number of nitrogens with zero attached hydrogens (tertiary/aromatic N) is 1. The third kappa shape index (κ3) is 28.3. The average Bonchev–Trinajstić information content (AvgIpc) is 3.11. The van der Waals surface area contributed by atoms with Gasteiger partial charge in [0.25, 0.3) is 0 Å². The maximum atomic E-state index is 12.2. The highest BCUT2D eigenvalue weighted by molar-refractivity contribution is 5.94. The minimum absolute atomic E-state index is 0.0132. The molecule has 0 bridgehead atoms. The topological polar surface area (TPSA) is 154 Å². The Morgan fingerprint density at radius 1 is 0.654 bits per heavy atom. The Bertz CT molecular complexity index is 870. The van der Waals surface area contributed by atoms with E-state index in [9.17, 15) is 29.4 Å². The zero-order chi connectivity index (χ0) is 38.1. The molecule has 0 radical (unpaired) electrons. The van der Waals surface area contributed by atoms with Gasteiger partial charge in [0.1, 0.15) is 6.04 Å². The van der Waals surface area contributed by atoms with Crippen molar-refractivity contribution < 1.29 is 38.9 Å². The first-order chi connectivity index (χ1) is 25.2. The fourth-order valence-corrected chi connectivity index (χ4v) is 6.65. The summed E-state index contributed by atoms with van der Waals surface area (Å²) in [5.74, 6) is -0.527. The highest BCUT2D eigenvalue weighted by Gasteiger charge is 2.26. The molecule has 11 heteroatoms. The van der Waals surface area contributed by atoms with E-state index >= 15 is 0 Å². The number of piperazine rings is 1. The summed E-state index contributed by atoms with van der Waals surface area (Å²) in [5, 5.41) is 27.1. The zero-order valence-electron chi connectivity index (χ0n) is 33.2. The lowest BCUT2D eigenvalue weighted by molar-refractivity contribution is -0.144. The van der Waals surface area contributed by atoms with E-state index < -0.39 is 18.2 Å². The second kappa shape index (κ2) is 33.3. The molecule has 1 saturated heterocycles. The average molecular weight is 740 g/mol. The van der Waals surface area contributed by atoms with Gasteiger partial charge in [0.05, 0.1) is 32.0 Å². The molecule has 1 aliphatic rings. The van der Waals surface area contributed by atoms with Gasteiger partial charge in [-0.25, -0.2) is 0 Å². The van der Waals surface area contributed by atoms with Crippen LogP contribution in [0.4, 0.5) is 0 Å². The number of amides is 2. The van der Waals surface area contributed by atoms with Crippen LogP contribution in [-0.4, -0.2) is 96.5 Å².